The molecule has 3 aromatic carbocycles. The summed E-state index contributed by atoms with van der Waals surface area (Å²) in [5, 5.41) is 2.90. The lowest BCUT2D eigenvalue weighted by Crippen LogP contribution is -2.54. The number of barbiturate groups is 1. The normalized spacial score (nSPS) is 14.9. The van der Waals surface area contributed by atoms with Crippen LogP contribution in [0.4, 0.5) is 10.5 Å². The van der Waals surface area contributed by atoms with Gasteiger partial charge in [0.05, 0.1) is 12.8 Å². The first-order chi connectivity index (χ1) is 16.7. The number of aryl methyl sites for hydroxylation is 2. The Kier molecular flexibility index (Phi) is 7.10. The number of halogens is 2. The highest BCUT2D eigenvalue weighted by Crippen LogP contribution is 2.34. The van der Waals surface area contributed by atoms with Crippen molar-refractivity contribution in [3.63, 3.8) is 0 Å². The summed E-state index contributed by atoms with van der Waals surface area (Å²) in [6.45, 7) is 3.83. The number of nitrogens with zero attached hydrogens (tertiary/aromatic N) is 1. The molecule has 6 nitrogen and oxygen atoms in total. The van der Waals surface area contributed by atoms with Crippen molar-refractivity contribution in [3.05, 3.63) is 97.5 Å². The summed E-state index contributed by atoms with van der Waals surface area (Å²) in [6.07, 6.45) is 1.97. The molecule has 1 fully saturated rings. The topological polar surface area (TPSA) is 75.7 Å². The molecule has 8 heteroatoms. The van der Waals surface area contributed by atoms with Crippen LogP contribution in [0.25, 0.3) is 6.08 Å². The van der Waals surface area contributed by atoms with Crippen LogP contribution in [-0.4, -0.2) is 25.0 Å². The summed E-state index contributed by atoms with van der Waals surface area (Å²) < 4.78 is 6.33. The van der Waals surface area contributed by atoms with Gasteiger partial charge in [0.2, 0.25) is 0 Å². The van der Waals surface area contributed by atoms with Crippen LogP contribution in [-0.2, 0) is 16.0 Å². The van der Waals surface area contributed by atoms with Gasteiger partial charge in [0.15, 0.2) is 0 Å². The lowest BCUT2D eigenvalue weighted by atomic mass is 10.0. The summed E-state index contributed by atoms with van der Waals surface area (Å²) in [7, 11) is 1.55. The second kappa shape index (κ2) is 10.1. The number of nitrogens with one attached hydrogen (secondary N) is 1. The second-order valence-electron chi connectivity index (χ2n) is 8.18. The first-order valence-corrected chi connectivity index (χ1v) is 11.9. The Hall–Kier alpha value is -3.42. The number of hydrogen-bond donors (Lipinski definition) is 1. The van der Waals surface area contributed by atoms with E-state index < -0.39 is 17.8 Å². The van der Waals surface area contributed by atoms with Gasteiger partial charge in [0.25, 0.3) is 11.8 Å². The number of benzene rings is 3. The Morgan fingerprint density at radius 1 is 1.03 bits per heavy atom. The van der Waals surface area contributed by atoms with Crippen LogP contribution in [0.2, 0.25) is 5.02 Å². The average Bonchev–Trinajstić information content (AvgIpc) is 2.81. The van der Waals surface area contributed by atoms with Gasteiger partial charge in [-0.1, -0.05) is 51.8 Å². The van der Waals surface area contributed by atoms with Crippen molar-refractivity contribution >= 4 is 57.1 Å². The monoisotopic (exact) mass is 552 g/mol. The molecule has 3 aromatic rings. The second-order valence-corrected chi connectivity index (χ2v) is 9.44. The van der Waals surface area contributed by atoms with Gasteiger partial charge in [0, 0.05) is 21.5 Å². The zero-order chi connectivity index (χ0) is 25.3. The number of carbonyl (C=O) groups excluding carboxylic acids is 3. The highest BCUT2D eigenvalue weighted by atomic mass is 79.9. The van der Waals surface area contributed by atoms with E-state index in [-0.39, 0.29) is 5.57 Å². The molecule has 35 heavy (non-hydrogen) atoms. The molecule has 1 heterocycles. The molecular weight excluding hydrogens is 532 g/mol. The standard InChI is InChI=1S/C27H22BrClN2O4/c1-15-8-9-19(10-16(15)2)31-26(33)21(25(32)30-27(31)34)11-17-12-22(28)20(24(13-17)35-3)14-18-6-4-5-7-23(18)29/h4-13H,14H2,1-3H3,(H,30,32,34)/b21-11+. The third-order valence-electron chi connectivity index (χ3n) is 5.88. The smallest absolute Gasteiger partial charge is 0.335 e. The third-order valence-corrected chi connectivity index (χ3v) is 6.96. The Labute approximate surface area is 216 Å². The predicted octanol–water partition coefficient (Wildman–Crippen LogP) is 5.99. The Morgan fingerprint density at radius 2 is 1.77 bits per heavy atom. The number of anilines is 1. The van der Waals surface area contributed by atoms with Crippen LogP contribution in [0.1, 0.15) is 27.8 Å². The number of carbonyl (C=O) groups is 3. The molecule has 1 aliphatic heterocycles. The molecule has 0 aromatic heterocycles. The molecule has 1 aliphatic rings. The zero-order valence-electron chi connectivity index (χ0n) is 19.3. The van der Waals surface area contributed by atoms with E-state index in [1.54, 1.807) is 31.4 Å². The van der Waals surface area contributed by atoms with Crippen molar-refractivity contribution in [2.45, 2.75) is 20.3 Å². The molecule has 0 bridgehead atoms. The van der Waals surface area contributed by atoms with Gasteiger partial charge in [-0.3, -0.25) is 14.9 Å². The number of imide groups is 2. The van der Waals surface area contributed by atoms with Gasteiger partial charge < -0.3 is 4.74 Å². The first-order valence-electron chi connectivity index (χ1n) is 10.8. The van der Waals surface area contributed by atoms with E-state index >= 15 is 0 Å². The van der Waals surface area contributed by atoms with E-state index in [9.17, 15) is 14.4 Å². The van der Waals surface area contributed by atoms with Crippen molar-refractivity contribution in [3.8, 4) is 5.75 Å². The van der Waals surface area contributed by atoms with Crippen molar-refractivity contribution in [2.24, 2.45) is 0 Å². The van der Waals surface area contributed by atoms with E-state index in [0.717, 1.165) is 31.6 Å². The molecule has 1 saturated heterocycles. The van der Waals surface area contributed by atoms with Crippen molar-refractivity contribution in [1.29, 1.82) is 0 Å². The molecule has 1 N–H and O–H groups in total. The minimum absolute atomic E-state index is 0.157. The fraction of sp³-hybridized carbons (Fsp3) is 0.148. The zero-order valence-corrected chi connectivity index (χ0v) is 21.7. The predicted molar refractivity (Wildman–Crippen MR) is 140 cm³/mol. The molecule has 0 unspecified atom stereocenters. The summed E-state index contributed by atoms with van der Waals surface area (Å²) in [5.74, 6) is -0.885. The molecular formula is C27H22BrClN2O4. The Balaban J connectivity index is 1.72. The number of methoxy groups -OCH3 is 1. The van der Waals surface area contributed by atoms with E-state index in [1.165, 1.54) is 6.08 Å². The Morgan fingerprint density at radius 3 is 2.46 bits per heavy atom. The van der Waals surface area contributed by atoms with Gasteiger partial charge >= 0.3 is 6.03 Å². The van der Waals surface area contributed by atoms with Crippen LogP contribution >= 0.6 is 27.5 Å². The van der Waals surface area contributed by atoms with E-state index in [0.29, 0.717) is 28.4 Å². The molecule has 178 valence electrons. The molecule has 0 spiro atoms. The first kappa shape index (κ1) is 24.7. The summed E-state index contributed by atoms with van der Waals surface area (Å²) in [5.41, 5.74) is 4.55. The van der Waals surface area contributed by atoms with Gasteiger partial charge in [-0.25, -0.2) is 9.69 Å². The quantitative estimate of drug-likeness (QED) is 0.311. The number of ether oxygens (including phenoxy) is 1. The molecule has 0 saturated carbocycles. The minimum atomic E-state index is -0.783. The maximum atomic E-state index is 13.3. The molecule has 4 amide bonds. The van der Waals surface area contributed by atoms with Crippen LogP contribution in [0, 0.1) is 13.8 Å². The number of rotatable bonds is 5. The van der Waals surface area contributed by atoms with Crippen molar-refractivity contribution in [2.75, 3.05) is 12.0 Å². The number of amides is 4. The van der Waals surface area contributed by atoms with Crippen molar-refractivity contribution < 1.29 is 19.1 Å². The average molecular weight is 554 g/mol. The SMILES string of the molecule is COc1cc(/C=C2\C(=O)NC(=O)N(c3ccc(C)c(C)c3)C2=O)cc(Br)c1Cc1ccccc1Cl. The molecule has 4 rings (SSSR count). The fourth-order valence-corrected chi connectivity index (χ4v) is 4.63. The minimum Gasteiger partial charge on any atom is -0.496 e. The summed E-state index contributed by atoms with van der Waals surface area (Å²) in [6, 6.07) is 15.5. The molecule has 0 aliphatic carbocycles. The van der Waals surface area contributed by atoms with Crippen LogP contribution in [0.15, 0.2) is 64.6 Å². The largest absolute Gasteiger partial charge is 0.496 e. The molecule has 0 radical (unpaired) electrons. The fourth-order valence-electron chi connectivity index (χ4n) is 3.82. The van der Waals surface area contributed by atoms with Crippen molar-refractivity contribution in [1.82, 2.24) is 5.32 Å². The van der Waals surface area contributed by atoms with E-state index in [1.807, 2.05) is 44.2 Å². The highest BCUT2D eigenvalue weighted by molar-refractivity contribution is 9.10. The summed E-state index contributed by atoms with van der Waals surface area (Å²) in [4.78, 5) is 39.3. The Bertz CT molecular complexity index is 1400. The van der Waals surface area contributed by atoms with Crippen LogP contribution in [0.5, 0.6) is 5.75 Å². The van der Waals surface area contributed by atoms with Gasteiger partial charge in [-0.05, 0) is 72.5 Å². The van der Waals surface area contributed by atoms with Crippen LogP contribution < -0.4 is 15.0 Å². The van der Waals surface area contributed by atoms with Crippen LogP contribution in [0.3, 0.4) is 0 Å². The lowest BCUT2D eigenvalue weighted by Gasteiger charge is -2.27. The molecule has 0 atom stereocenters. The maximum absolute atomic E-state index is 13.3. The maximum Gasteiger partial charge on any atom is 0.335 e. The van der Waals surface area contributed by atoms with Gasteiger partial charge in [-0.2, -0.15) is 0 Å². The van der Waals surface area contributed by atoms with Gasteiger partial charge in [0.1, 0.15) is 11.3 Å². The summed E-state index contributed by atoms with van der Waals surface area (Å²) >= 11 is 9.92. The number of urea groups is 1. The van der Waals surface area contributed by atoms with E-state index in [2.05, 4.69) is 21.2 Å². The lowest BCUT2D eigenvalue weighted by molar-refractivity contribution is -0.122. The third kappa shape index (κ3) is 5.01. The highest BCUT2D eigenvalue weighted by Gasteiger charge is 2.37. The van der Waals surface area contributed by atoms with Gasteiger partial charge in [-0.15, -0.1) is 0 Å². The number of hydrogen-bond acceptors (Lipinski definition) is 4. The van der Waals surface area contributed by atoms with E-state index in [4.69, 9.17) is 16.3 Å².